The van der Waals surface area contributed by atoms with Crippen molar-refractivity contribution in [1.82, 2.24) is 4.90 Å². The summed E-state index contributed by atoms with van der Waals surface area (Å²) in [6, 6.07) is 13.3. The largest absolute Gasteiger partial charge is 0.497 e. The van der Waals surface area contributed by atoms with E-state index in [2.05, 4.69) is 11.0 Å². The lowest BCUT2D eigenvalue weighted by Gasteiger charge is -2.44. The van der Waals surface area contributed by atoms with Gasteiger partial charge in [-0.3, -0.25) is 0 Å². The van der Waals surface area contributed by atoms with Crippen molar-refractivity contribution in [1.29, 1.82) is 0 Å². The van der Waals surface area contributed by atoms with Gasteiger partial charge in [-0.05, 0) is 80.4 Å². The Bertz CT molecular complexity index is 828. The lowest BCUT2D eigenvalue weighted by Crippen LogP contribution is -2.44. The van der Waals surface area contributed by atoms with Crippen LogP contribution in [0, 0.1) is 5.92 Å². The fraction of sp³-hybridized carbons (Fsp3) is 0.391. The molecule has 2 aromatic carbocycles. The molecule has 0 bridgehead atoms. The highest BCUT2D eigenvalue weighted by atomic mass is 35.5. The molecule has 3 nitrogen and oxygen atoms in total. The molecule has 3 rings (SSSR count). The molecule has 1 fully saturated rings. The Morgan fingerprint density at radius 3 is 2.36 bits per heavy atom. The second-order valence-corrected chi connectivity index (χ2v) is 8.59. The van der Waals surface area contributed by atoms with E-state index in [1.165, 1.54) is 0 Å². The minimum absolute atomic E-state index is 0.0512. The molecule has 0 spiro atoms. The number of halogens is 2. The zero-order valence-corrected chi connectivity index (χ0v) is 18.1. The summed E-state index contributed by atoms with van der Waals surface area (Å²) >= 11 is 12.6. The summed E-state index contributed by atoms with van der Waals surface area (Å²) in [5.41, 5.74) is 1.68. The van der Waals surface area contributed by atoms with Gasteiger partial charge in [-0.1, -0.05) is 41.4 Å². The second-order valence-electron chi connectivity index (χ2n) is 7.72. The molecule has 1 aliphatic carbocycles. The predicted molar refractivity (Wildman–Crippen MR) is 117 cm³/mol. The van der Waals surface area contributed by atoms with Crippen molar-refractivity contribution in [3.05, 3.63) is 69.2 Å². The monoisotopic (exact) mass is 419 g/mol. The van der Waals surface area contributed by atoms with Crippen LogP contribution in [-0.4, -0.2) is 37.8 Å². The van der Waals surface area contributed by atoms with Crippen molar-refractivity contribution >= 4 is 29.3 Å². The van der Waals surface area contributed by atoms with Gasteiger partial charge in [0, 0.05) is 22.5 Å². The molecule has 0 saturated heterocycles. The van der Waals surface area contributed by atoms with E-state index in [0.717, 1.165) is 48.3 Å². The van der Waals surface area contributed by atoms with E-state index in [-0.39, 0.29) is 5.92 Å². The van der Waals surface area contributed by atoms with E-state index in [0.29, 0.717) is 10.0 Å². The van der Waals surface area contributed by atoms with Gasteiger partial charge in [0.05, 0.1) is 7.11 Å². The highest BCUT2D eigenvalue weighted by molar-refractivity contribution is 6.34. The van der Waals surface area contributed by atoms with Gasteiger partial charge in [-0.25, -0.2) is 0 Å². The Hall–Kier alpha value is -1.52. The average Bonchev–Trinajstić information content (AvgIpc) is 2.64. The van der Waals surface area contributed by atoms with Crippen molar-refractivity contribution in [2.24, 2.45) is 5.92 Å². The molecule has 1 saturated carbocycles. The fourth-order valence-corrected chi connectivity index (χ4v) is 4.67. The van der Waals surface area contributed by atoms with Gasteiger partial charge < -0.3 is 14.7 Å². The van der Waals surface area contributed by atoms with Crippen LogP contribution < -0.4 is 4.74 Å². The SMILES string of the molecule is COc1ccc(/C=C2\CCCC(CN(C)C)C2(O)c2cc(Cl)cc(Cl)c2)cc1. The maximum Gasteiger partial charge on any atom is 0.118 e. The minimum atomic E-state index is -1.11. The van der Waals surface area contributed by atoms with Crippen molar-refractivity contribution in [2.45, 2.75) is 24.9 Å². The number of hydrogen-bond acceptors (Lipinski definition) is 3. The summed E-state index contributed by atoms with van der Waals surface area (Å²) in [4.78, 5) is 2.12. The number of aliphatic hydroxyl groups is 1. The summed E-state index contributed by atoms with van der Waals surface area (Å²) in [6.45, 7) is 0.778. The van der Waals surface area contributed by atoms with Crippen LogP contribution >= 0.6 is 23.2 Å². The molecule has 2 aromatic rings. The molecule has 1 aliphatic rings. The molecule has 0 heterocycles. The van der Waals surface area contributed by atoms with Gasteiger partial charge in [-0.15, -0.1) is 0 Å². The maximum absolute atomic E-state index is 12.1. The van der Waals surface area contributed by atoms with E-state index < -0.39 is 5.60 Å². The smallest absolute Gasteiger partial charge is 0.118 e. The van der Waals surface area contributed by atoms with Crippen LogP contribution in [0.5, 0.6) is 5.75 Å². The molecule has 0 amide bonds. The second kappa shape index (κ2) is 8.87. The lowest BCUT2D eigenvalue weighted by atomic mass is 9.67. The van der Waals surface area contributed by atoms with Crippen LogP contribution in [0.25, 0.3) is 6.08 Å². The van der Waals surface area contributed by atoms with Gasteiger partial charge in [0.15, 0.2) is 0 Å². The number of hydrogen-bond donors (Lipinski definition) is 1. The average molecular weight is 420 g/mol. The molecule has 5 heteroatoms. The Morgan fingerprint density at radius 1 is 1.14 bits per heavy atom. The first-order valence-corrected chi connectivity index (χ1v) is 10.3. The van der Waals surface area contributed by atoms with E-state index >= 15 is 0 Å². The number of nitrogens with zero attached hydrogens (tertiary/aromatic N) is 1. The van der Waals surface area contributed by atoms with E-state index in [1.54, 1.807) is 13.2 Å². The highest BCUT2D eigenvalue weighted by Crippen LogP contribution is 2.47. The first kappa shape index (κ1) is 21.2. The third-order valence-electron chi connectivity index (χ3n) is 5.42. The van der Waals surface area contributed by atoms with Crippen LogP contribution in [0.3, 0.4) is 0 Å². The van der Waals surface area contributed by atoms with Gasteiger partial charge in [-0.2, -0.15) is 0 Å². The first-order chi connectivity index (χ1) is 13.3. The summed E-state index contributed by atoms with van der Waals surface area (Å²) in [5, 5.41) is 13.2. The van der Waals surface area contributed by atoms with Gasteiger partial charge >= 0.3 is 0 Å². The van der Waals surface area contributed by atoms with Crippen molar-refractivity contribution < 1.29 is 9.84 Å². The maximum atomic E-state index is 12.1. The predicted octanol–water partition coefficient (Wildman–Crippen LogP) is 5.63. The standard InChI is InChI=1S/C23H27Cl2NO2/c1-26(2)15-18-6-4-5-17(11-16-7-9-22(28-3)10-8-16)23(18,27)19-12-20(24)14-21(25)13-19/h7-14,18,27H,4-6,15H2,1-3H3/b17-11+. The summed E-state index contributed by atoms with van der Waals surface area (Å²) < 4.78 is 5.25. The fourth-order valence-electron chi connectivity index (χ4n) is 4.14. The number of methoxy groups -OCH3 is 1. The molecule has 0 aromatic heterocycles. The molecule has 2 unspecified atom stereocenters. The van der Waals surface area contributed by atoms with Crippen LogP contribution in [0.4, 0.5) is 0 Å². The molecule has 0 radical (unpaired) electrons. The quantitative estimate of drug-likeness (QED) is 0.680. The third-order valence-corrected chi connectivity index (χ3v) is 5.86. The van der Waals surface area contributed by atoms with Gasteiger partial charge in [0.2, 0.25) is 0 Å². The van der Waals surface area contributed by atoms with E-state index in [1.807, 2.05) is 50.5 Å². The van der Waals surface area contributed by atoms with E-state index in [9.17, 15) is 5.11 Å². The highest BCUT2D eigenvalue weighted by Gasteiger charge is 2.44. The summed E-state index contributed by atoms with van der Waals surface area (Å²) in [5.74, 6) is 0.864. The molecule has 150 valence electrons. The molecule has 1 N–H and O–H groups in total. The van der Waals surface area contributed by atoms with Crippen LogP contribution in [0.1, 0.15) is 30.4 Å². The molecule has 28 heavy (non-hydrogen) atoms. The molecule has 0 aliphatic heterocycles. The zero-order chi connectivity index (χ0) is 20.3. The van der Waals surface area contributed by atoms with Gasteiger partial charge in [0.1, 0.15) is 11.4 Å². The van der Waals surface area contributed by atoms with Gasteiger partial charge in [0.25, 0.3) is 0 Å². The number of ether oxygens (including phenoxy) is 1. The van der Waals surface area contributed by atoms with Crippen molar-refractivity contribution in [3.63, 3.8) is 0 Å². The van der Waals surface area contributed by atoms with Crippen LogP contribution in [0.15, 0.2) is 48.0 Å². The third kappa shape index (κ3) is 4.55. The molecule has 2 atom stereocenters. The molecular formula is C23H27Cl2NO2. The number of benzene rings is 2. The van der Waals surface area contributed by atoms with Crippen molar-refractivity contribution in [3.8, 4) is 5.75 Å². The molecular weight excluding hydrogens is 393 g/mol. The Balaban J connectivity index is 2.10. The first-order valence-electron chi connectivity index (χ1n) is 9.51. The topological polar surface area (TPSA) is 32.7 Å². The Labute approximate surface area is 177 Å². The van der Waals surface area contributed by atoms with Crippen molar-refractivity contribution in [2.75, 3.05) is 27.7 Å². The Morgan fingerprint density at radius 2 is 1.79 bits per heavy atom. The normalized spacial score (nSPS) is 24.0. The summed E-state index contributed by atoms with van der Waals surface area (Å²) in [7, 11) is 5.72. The van der Waals surface area contributed by atoms with Crippen LogP contribution in [-0.2, 0) is 5.60 Å². The lowest BCUT2D eigenvalue weighted by molar-refractivity contribution is -0.0174. The van der Waals surface area contributed by atoms with E-state index in [4.69, 9.17) is 27.9 Å². The Kier molecular flexibility index (Phi) is 6.72. The van der Waals surface area contributed by atoms with Crippen LogP contribution in [0.2, 0.25) is 10.0 Å². The number of rotatable bonds is 5. The summed E-state index contributed by atoms with van der Waals surface area (Å²) in [6.07, 6.45) is 4.91. The zero-order valence-electron chi connectivity index (χ0n) is 16.6. The minimum Gasteiger partial charge on any atom is -0.497 e.